The minimum atomic E-state index is -1.11. The van der Waals surface area contributed by atoms with E-state index in [1.54, 1.807) is 6.07 Å². The average Bonchev–Trinajstić information content (AvgIpc) is 3.20. The van der Waals surface area contributed by atoms with Gasteiger partial charge in [-0.05, 0) is 12.1 Å². The third kappa shape index (κ3) is 3.19. The number of amides is 2. The Morgan fingerprint density at radius 3 is 2.83 bits per heavy atom. The Balaban J connectivity index is 1.68. The lowest BCUT2D eigenvalue weighted by atomic mass is 10.2. The average molecular weight is 314 g/mol. The molecule has 0 saturated heterocycles. The van der Waals surface area contributed by atoms with Crippen molar-refractivity contribution in [3.8, 4) is 0 Å². The fourth-order valence-corrected chi connectivity index (χ4v) is 2.03. The molecule has 0 fully saturated rings. The van der Waals surface area contributed by atoms with E-state index in [1.165, 1.54) is 12.5 Å². The molecule has 23 heavy (non-hydrogen) atoms. The van der Waals surface area contributed by atoms with E-state index in [9.17, 15) is 14.7 Å². The summed E-state index contributed by atoms with van der Waals surface area (Å²) in [6.07, 6.45) is 2.66. The Labute approximate surface area is 130 Å². The molecule has 9 heteroatoms. The lowest BCUT2D eigenvalue weighted by Gasteiger charge is -2.14. The summed E-state index contributed by atoms with van der Waals surface area (Å²) >= 11 is 0. The van der Waals surface area contributed by atoms with E-state index in [0.717, 1.165) is 5.52 Å². The summed E-state index contributed by atoms with van der Waals surface area (Å²) in [5, 5.41) is 14.3. The van der Waals surface area contributed by atoms with Gasteiger partial charge in [-0.2, -0.15) is 0 Å². The van der Waals surface area contributed by atoms with Crippen LogP contribution in [0.25, 0.3) is 11.0 Å². The molecule has 0 spiro atoms. The number of aliphatic hydroxyl groups excluding tert-OH is 1. The predicted octanol–water partition coefficient (Wildman–Crippen LogP) is 0.0154. The summed E-state index contributed by atoms with van der Waals surface area (Å²) in [5.41, 5.74) is 1.66. The largest absolute Gasteiger partial charge is 0.394 e. The summed E-state index contributed by atoms with van der Waals surface area (Å²) in [7, 11) is 0. The van der Waals surface area contributed by atoms with Gasteiger partial charge in [0.25, 0.3) is 11.8 Å². The Kier molecular flexibility index (Phi) is 4.02. The van der Waals surface area contributed by atoms with Crippen LogP contribution in [0.15, 0.2) is 36.8 Å². The first-order valence-corrected chi connectivity index (χ1v) is 6.83. The number of nitrogens with zero attached hydrogens (tertiary/aromatic N) is 2. The lowest BCUT2D eigenvalue weighted by molar-refractivity contribution is -0.118. The number of hydrogen-bond acceptors (Lipinski definition) is 5. The second-order valence-corrected chi connectivity index (χ2v) is 4.77. The van der Waals surface area contributed by atoms with Crippen molar-refractivity contribution in [3.05, 3.63) is 42.5 Å². The van der Waals surface area contributed by atoms with Gasteiger partial charge in [0.1, 0.15) is 11.7 Å². The van der Waals surface area contributed by atoms with Gasteiger partial charge in [0.15, 0.2) is 0 Å². The quantitative estimate of drug-likeness (QED) is 0.452. The van der Waals surface area contributed by atoms with Crippen molar-refractivity contribution in [2.75, 3.05) is 11.9 Å². The molecule has 0 aliphatic rings. The molecule has 9 nitrogen and oxygen atoms in total. The SMILES string of the molecule is O=C(N[C@@H](CO)C(=O)Nc1nc2ccccc2[nH]1)c1cnc[nH]1. The fourth-order valence-electron chi connectivity index (χ4n) is 2.03. The molecule has 0 aliphatic heterocycles. The summed E-state index contributed by atoms with van der Waals surface area (Å²) in [6.45, 7) is -0.550. The van der Waals surface area contributed by atoms with Gasteiger partial charge in [0.05, 0.1) is 30.2 Å². The summed E-state index contributed by atoms with van der Waals surface area (Å²) in [6, 6.07) is 6.18. The van der Waals surface area contributed by atoms with Crippen molar-refractivity contribution in [1.82, 2.24) is 25.3 Å². The molecule has 3 rings (SSSR count). The van der Waals surface area contributed by atoms with Crippen molar-refractivity contribution in [2.24, 2.45) is 0 Å². The van der Waals surface area contributed by atoms with E-state index in [1.807, 2.05) is 18.2 Å². The third-order valence-electron chi connectivity index (χ3n) is 3.18. The van der Waals surface area contributed by atoms with Gasteiger partial charge in [-0.15, -0.1) is 0 Å². The number of aromatic amines is 2. The number of rotatable bonds is 5. The number of carbonyl (C=O) groups excluding carboxylic acids is 2. The molecule has 0 bridgehead atoms. The van der Waals surface area contributed by atoms with Crippen molar-refractivity contribution in [2.45, 2.75) is 6.04 Å². The number of para-hydroxylation sites is 2. The van der Waals surface area contributed by atoms with E-state index >= 15 is 0 Å². The third-order valence-corrected chi connectivity index (χ3v) is 3.18. The second-order valence-electron chi connectivity index (χ2n) is 4.77. The summed E-state index contributed by atoms with van der Waals surface area (Å²) < 4.78 is 0. The molecule has 3 aromatic rings. The first kappa shape index (κ1) is 14.7. The number of hydrogen-bond donors (Lipinski definition) is 5. The van der Waals surface area contributed by atoms with Crippen LogP contribution in [-0.4, -0.2) is 49.5 Å². The van der Waals surface area contributed by atoms with Crippen LogP contribution in [0.5, 0.6) is 0 Å². The Morgan fingerprint density at radius 2 is 2.13 bits per heavy atom. The van der Waals surface area contributed by atoms with E-state index in [2.05, 4.69) is 30.6 Å². The first-order valence-electron chi connectivity index (χ1n) is 6.83. The number of carbonyl (C=O) groups is 2. The van der Waals surface area contributed by atoms with Crippen LogP contribution in [0.1, 0.15) is 10.5 Å². The van der Waals surface area contributed by atoms with Gasteiger partial charge < -0.3 is 20.4 Å². The fraction of sp³-hybridized carbons (Fsp3) is 0.143. The normalized spacial score (nSPS) is 12.0. The van der Waals surface area contributed by atoms with Crippen LogP contribution in [-0.2, 0) is 4.79 Å². The Hall–Kier alpha value is -3.20. The van der Waals surface area contributed by atoms with Gasteiger partial charge in [-0.25, -0.2) is 9.97 Å². The van der Waals surface area contributed by atoms with Gasteiger partial charge in [-0.3, -0.25) is 14.9 Å². The number of nitrogens with one attached hydrogen (secondary N) is 4. The second kappa shape index (κ2) is 6.28. The minimum Gasteiger partial charge on any atom is -0.394 e. The number of H-pyrrole nitrogens is 2. The maximum atomic E-state index is 12.2. The van der Waals surface area contributed by atoms with E-state index < -0.39 is 24.5 Å². The molecule has 1 aromatic carbocycles. The highest BCUT2D eigenvalue weighted by molar-refractivity contribution is 6.00. The lowest BCUT2D eigenvalue weighted by Crippen LogP contribution is -2.46. The molecule has 0 saturated carbocycles. The van der Waals surface area contributed by atoms with Gasteiger partial charge in [0.2, 0.25) is 5.95 Å². The van der Waals surface area contributed by atoms with Crippen LogP contribution in [0.3, 0.4) is 0 Å². The van der Waals surface area contributed by atoms with Crippen LogP contribution in [0.2, 0.25) is 0 Å². The van der Waals surface area contributed by atoms with Crippen LogP contribution >= 0.6 is 0 Å². The Morgan fingerprint density at radius 1 is 1.30 bits per heavy atom. The highest BCUT2D eigenvalue weighted by Crippen LogP contribution is 2.13. The standard InChI is InChI=1S/C14H14N6O3/c21-6-11(17-12(22)10-5-15-7-16-10)13(23)20-14-18-8-3-1-2-4-9(8)19-14/h1-5,7,11,21H,6H2,(H,15,16)(H,17,22)(H2,18,19,20,23)/t11-/m0/s1. The first-order chi connectivity index (χ1) is 11.2. The van der Waals surface area contributed by atoms with Crippen molar-refractivity contribution < 1.29 is 14.7 Å². The Bertz CT molecular complexity index is 793. The highest BCUT2D eigenvalue weighted by Gasteiger charge is 2.22. The van der Waals surface area contributed by atoms with Gasteiger partial charge in [-0.1, -0.05) is 12.1 Å². The van der Waals surface area contributed by atoms with E-state index in [4.69, 9.17) is 0 Å². The van der Waals surface area contributed by atoms with Crippen molar-refractivity contribution in [3.63, 3.8) is 0 Å². The van der Waals surface area contributed by atoms with Crippen LogP contribution in [0, 0.1) is 0 Å². The van der Waals surface area contributed by atoms with Crippen LogP contribution in [0.4, 0.5) is 5.95 Å². The molecule has 2 aromatic heterocycles. The predicted molar refractivity (Wildman–Crippen MR) is 81.7 cm³/mol. The van der Waals surface area contributed by atoms with Crippen molar-refractivity contribution >= 4 is 28.8 Å². The minimum absolute atomic E-state index is 0.194. The summed E-state index contributed by atoms with van der Waals surface area (Å²) in [4.78, 5) is 37.5. The maximum absolute atomic E-state index is 12.2. The smallest absolute Gasteiger partial charge is 0.270 e. The van der Waals surface area contributed by atoms with Crippen LogP contribution < -0.4 is 10.6 Å². The van der Waals surface area contributed by atoms with E-state index in [0.29, 0.717) is 5.52 Å². The molecule has 0 radical (unpaired) electrons. The maximum Gasteiger partial charge on any atom is 0.270 e. The molecule has 2 amide bonds. The van der Waals surface area contributed by atoms with Crippen molar-refractivity contribution in [1.29, 1.82) is 0 Å². The number of imidazole rings is 2. The molecule has 0 unspecified atom stereocenters. The number of anilines is 1. The number of aliphatic hydroxyl groups is 1. The number of aromatic nitrogens is 4. The highest BCUT2D eigenvalue weighted by atomic mass is 16.3. The molecular formula is C14H14N6O3. The molecule has 118 valence electrons. The molecule has 0 aliphatic carbocycles. The van der Waals surface area contributed by atoms with Gasteiger partial charge in [0, 0.05) is 0 Å². The topological polar surface area (TPSA) is 136 Å². The molecule has 1 atom stereocenters. The molecular weight excluding hydrogens is 300 g/mol. The molecule has 5 N–H and O–H groups in total. The summed E-state index contributed by atoms with van der Waals surface area (Å²) in [5.74, 6) is -0.883. The monoisotopic (exact) mass is 314 g/mol. The molecule has 2 heterocycles. The van der Waals surface area contributed by atoms with Gasteiger partial charge >= 0.3 is 0 Å². The number of benzene rings is 1. The zero-order valence-electron chi connectivity index (χ0n) is 11.9. The number of fused-ring (bicyclic) bond motifs is 1. The zero-order chi connectivity index (χ0) is 16.2. The van der Waals surface area contributed by atoms with E-state index in [-0.39, 0.29) is 11.6 Å². The zero-order valence-corrected chi connectivity index (χ0v) is 11.9.